The van der Waals surface area contributed by atoms with E-state index in [2.05, 4.69) is 38.1 Å². The molecule has 0 spiro atoms. The van der Waals surface area contributed by atoms with Crippen LogP contribution in [-0.2, 0) is 9.53 Å². The third-order valence-corrected chi connectivity index (χ3v) is 4.33. The predicted octanol–water partition coefficient (Wildman–Crippen LogP) is 4.17. The van der Waals surface area contributed by atoms with E-state index in [1.165, 1.54) is 12.7 Å². The number of carbonyl (C=O) groups excluding carboxylic acids is 1. The van der Waals surface area contributed by atoms with Crippen LogP contribution in [0.25, 0.3) is 0 Å². The highest BCUT2D eigenvalue weighted by molar-refractivity contribution is 5.75. The molecule has 3 unspecified atom stereocenters. The van der Waals surface area contributed by atoms with Crippen molar-refractivity contribution in [3.05, 3.63) is 29.8 Å². The molecule has 2 rings (SSSR count). The van der Waals surface area contributed by atoms with Gasteiger partial charge in [0.2, 0.25) is 0 Å². The Bertz CT molecular complexity index is 452. The van der Waals surface area contributed by atoms with Gasteiger partial charge in [-0.15, -0.1) is 0 Å². The van der Waals surface area contributed by atoms with Gasteiger partial charge in [-0.3, -0.25) is 4.79 Å². The van der Waals surface area contributed by atoms with Gasteiger partial charge >= 0.3 is 5.97 Å². The van der Waals surface area contributed by atoms with E-state index in [9.17, 15) is 4.79 Å². The first-order chi connectivity index (χ1) is 10.2. The molecule has 0 radical (unpaired) electrons. The first-order valence-corrected chi connectivity index (χ1v) is 8.00. The minimum Gasteiger partial charge on any atom is -0.494 e. The normalized spacial score (nSPS) is 21.7. The summed E-state index contributed by atoms with van der Waals surface area (Å²) in [6, 6.07) is 8.43. The van der Waals surface area contributed by atoms with E-state index in [0.29, 0.717) is 11.8 Å². The highest BCUT2D eigenvalue weighted by Gasteiger charge is 2.44. The van der Waals surface area contributed by atoms with Crippen LogP contribution in [0.15, 0.2) is 24.3 Å². The molecule has 116 valence electrons. The molecule has 1 aromatic carbocycles. The zero-order valence-electron chi connectivity index (χ0n) is 13.3. The highest BCUT2D eigenvalue weighted by Crippen LogP contribution is 2.46. The molecule has 1 saturated carbocycles. The van der Waals surface area contributed by atoms with Crippen LogP contribution in [0.2, 0.25) is 0 Å². The van der Waals surface area contributed by atoms with Crippen LogP contribution in [0.4, 0.5) is 0 Å². The van der Waals surface area contributed by atoms with E-state index >= 15 is 0 Å². The maximum Gasteiger partial charge on any atom is 0.308 e. The summed E-state index contributed by atoms with van der Waals surface area (Å²) in [6.45, 7) is 5.08. The van der Waals surface area contributed by atoms with Crippen molar-refractivity contribution in [3.8, 4) is 5.75 Å². The largest absolute Gasteiger partial charge is 0.494 e. The molecule has 0 amide bonds. The van der Waals surface area contributed by atoms with Crippen molar-refractivity contribution in [2.75, 3.05) is 13.7 Å². The second kappa shape index (κ2) is 7.48. The fourth-order valence-electron chi connectivity index (χ4n) is 2.91. The van der Waals surface area contributed by atoms with Crippen molar-refractivity contribution in [1.29, 1.82) is 0 Å². The summed E-state index contributed by atoms with van der Waals surface area (Å²) in [7, 11) is 1.48. The number of carbonyl (C=O) groups is 1. The number of hydrogen-bond acceptors (Lipinski definition) is 3. The van der Waals surface area contributed by atoms with Gasteiger partial charge < -0.3 is 9.47 Å². The highest BCUT2D eigenvalue weighted by atomic mass is 16.5. The van der Waals surface area contributed by atoms with Gasteiger partial charge in [0.05, 0.1) is 19.6 Å². The van der Waals surface area contributed by atoms with Crippen molar-refractivity contribution >= 4 is 5.97 Å². The lowest BCUT2D eigenvalue weighted by Gasteiger charge is -2.16. The topological polar surface area (TPSA) is 35.5 Å². The molecule has 0 saturated heterocycles. The summed E-state index contributed by atoms with van der Waals surface area (Å²) in [5, 5.41) is 0. The number of ether oxygens (including phenoxy) is 2. The average Bonchev–Trinajstić information content (AvgIpc) is 3.29. The van der Waals surface area contributed by atoms with Gasteiger partial charge in [-0.1, -0.05) is 26.0 Å². The van der Waals surface area contributed by atoms with Gasteiger partial charge in [0, 0.05) is 0 Å². The van der Waals surface area contributed by atoms with Crippen LogP contribution in [0.3, 0.4) is 0 Å². The van der Waals surface area contributed by atoms with Crippen molar-refractivity contribution < 1.29 is 14.3 Å². The molecule has 0 heterocycles. The number of methoxy groups -OCH3 is 1. The van der Waals surface area contributed by atoms with Gasteiger partial charge in [0.1, 0.15) is 5.75 Å². The predicted molar refractivity (Wildman–Crippen MR) is 83.5 cm³/mol. The maximum atomic E-state index is 11.5. The summed E-state index contributed by atoms with van der Waals surface area (Å²) in [5.41, 5.74) is 1.34. The third kappa shape index (κ3) is 4.23. The van der Waals surface area contributed by atoms with Gasteiger partial charge in [-0.25, -0.2) is 0 Å². The van der Waals surface area contributed by atoms with Crippen molar-refractivity contribution in [1.82, 2.24) is 0 Å². The Morgan fingerprint density at radius 3 is 2.57 bits per heavy atom. The number of hydrogen-bond donors (Lipinski definition) is 0. The maximum absolute atomic E-state index is 11.5. The summed E-state index contributed by atoms with van der Waals surface area (Å²) in [4.78, 5) is 11.5. The van der Waals surface area contributed by atoms with E-state index in [1.807, 2.05) is 0 Å². The SMILES string of the molecule is CCCOc1ccc(C(CC)CC2CC2C(=O)OC)cc1. The number of benzene rings is 1. The Morgan fingerprint density at radius 1 is 1.29 bits per heavy atom. The molecule has 21 heavy (non-hydrogen) atoms. The van der Waals surface area contributed by atoms with Crippen LogP contribution in [0, 0.1) is 11.8 Å². The molecule has 0 aromatic heterocycles. The molecule has 1 fully saturated rings. The van der Waals surface area contributed by atoms with E-state index in [0.717, 1.165) is 38.0 Å². The van der Waals surface area contributed by atoms with E-state index in [1.54, 1.807) is 0 Å². The lowest BCUT2D eigenvalue weighted by molar-refractivity contribution is -0.142. The van der Waals surface area contributed by atoms with Gasteiger partial charge in [0.25, 0.3) is 0 Å². The molecule has 0 aliphatic heterocycles. The van der Waals surface area contributed by atoms with Crippen molar-refractivity contribution in [2.24, 2.45) is 11.8 Å². The summed E-state index contributed by atoms with van der Waals surface area (Å²) in [6.07, 6.45) is 4.18. The van der Waals surface area contributed by atoms with Gasteiger partial charge in [0.15, 0.2) is 0 Å². The molecule has 1 aliphatic carbocycles. The smallest absolute Gasteiger partial charge is 0.308 e. The zero-order valence-corrected chi connectivity index (χ0v) is 13.3. The average molecular weight is 290 g/mol. The standard InChI is InChI=1S/C18H26O3/c1-4-10-21-16-8-6-14(7-9-16)13(5-2)11-15-12-17(15)18(19)20-3/h6-9,13,15,17H,4-5,10-12H2,1-3H3. The van der Waals surface area contributed by atoms with E-state index in [-0.39, 0.29) is 11.9 Å². The molecule has 1 aliphatic rings. The Balaban J connectivity index is 1.90. The zero-order chi connectivity index (χ0) is 15.2. The minimum absolute atomic E-state index is 0.0434. The molecule has 1 aromatic rings. The summed E-state index contributed by atoms with van der Waals surface area (Å²) < 4.78 is 10.4. The minimum atomic E-state index is -0.0434. The number of rotatable bonds is 8. The van der Waals surface area contributed by atoms with Gasteiger partial charge in [-0.05, 0) is 55.2 Å². The fourth-order valence-corrected chi connectivity index (χ4v) is 2.91. The van der Waals surface area contributed by atoms with E-state index in [4.69, 9.17) is 9.47 Å². The first-order valence-electron chi connectivity index (χ1n) is 8.00. The van der Waals surface area contributed by atoms with Gasteiger partial charge in [-0.2, -0.15) is 0 Å². The fraction of sp³-hybridized carbons (Fsp3) is 0.611. The Hall–Kier alpha value is -1.51. The molecular weight excluding hydrogens is 264 g/mol. The van der Waals surface area contributed by atoms with Crippen LogP contribution >= 0.6 is 0 Å². The lowest BCUT2D eigenvalue weighted by Crippen LogP contribution is -2.06. The molecular formula is C18H26O3. The number of esters is 1. The lowest BCUT2D eigenvalue weighted by atomic mass is 9.90. The summed E-state index contributed by atoms with van der Waals surface area (Å²) in [5.74, 6) is 2.05. The second-order valence-corrected chi connectivity index (χ2v) is 5.88. The Labute approximate surface area is 127 Å². The molecule has 3 heteroatoms. The molecule has 3 nitrogen and oxygen atoms in total. The molecule has 3 atom stereocenters. The van der Waals surface area contributed by atoms with Crippen molar-refractivity contribution in [2.45, 2.75) is 45.4 Å². The first kappa shape index (κ1) is 15.9. The van der Waals surface area contributed by atoms with Crippen LogP contribution < -0.4 is 4.74 Å². The van der Waals surface area contributed by atoms with E-state index < -0.39 is 0 Å². The van der Waals surface area contributed by atoms with Crippen molar-refractivity contribution in [3.63, 3.8) is 0 Å². The molecule has 0 bridgehead atoms. The Kier molecular flexibility index (Phi) is 5.66. The van der Waals surface area contributed by atoms with Crippen LogP contribution in [-0.4, -0.2) is 19.7 Å². The van der Waals surface area contributed by atoms with Crippen LogP contribution in [0.5, 0.6) is 5.75 Å². The third-order valence-electron chi connectivity index (χ3n) is 4.33. The quantitative estimate of drug-likeness (QED) is 0.674. The summed E-state index contributed by atoms with van der Waals surface area (Å²) >= 11 is 0. The molecule has 0 N–H and O–H groups in total. The second-order valence-electron chi connectivity index (χ2n) is 5.88. The monoisotopic (exact) mass is 290 g/mol. The van der Waals surface area contributed by atoms with Crippen LogP contribution in [0.1, 0.15) is 51.0 Å². The Morgan fingerprint density at radius 2 is 2.00 bits per heavy atom.